The van der Waals surface area contributed by atoms with Gasteiger partial charge in [-0.1, -0.05) is 18.2 Å². The third kappa shape index (κ3) is 2.74. The van der Waals surface area contributed by atoms with Crippen molar-refractivity contribution in [1.82, 2.24) is 4.98 Å². The van der Waals surface area contributed by atoms with Gasteiger partial charge in [0.05, 0.1) is 5.69 Å². The number of halogens is 2. The number of anilines is 3. The molecule has 0 atom stereocenters. The summed E-state index contributed by atoms with van der Waals surface area (Å²) in [7, 11) is 0. The molecule has 4 nitrogen and oxygen atoms in total. The lowest BCUT2D eigenvalue weighted by Crippen LogP contribution is -2.25. The Morgan fingerprint density at radius 1 is 1.30 bits per heavy atom. The number of pyridine rings is 1. The third-order valence-electron chi connectivity index (χ3n) is 2.73. The number of amides is 1. The summed E-state index contributed by atoms with van der Waals surface area (Å²) in [4.78, 5) is 17.0. The fraction of sp³-hybridized carbons (Fsp3) is 0.143. The highest BCUT2D eigenvalue weighted by atomic mass is 19.3. The Kier molecular flexibility index (Phi) is 3.93. The van der Waals surface area contributed by atoms with E-state index in [0.29, 0.717) is 5.69 Å². The van der Waals surface area contributed by atoms with Gasteiger partial charge in [-0.3, -0.25) is 9.69 Å². The molecule has 6 heteroatoms. The zero-order valence-electron chi connectivity index (χ0n) is 10.8. The molecule has 0 unspecified atom stereocenters. The SMILES string of the molecule is CC(=O)N(c1cc(N)ccn1)c1ccccc1C(F)F. The maximum atomic E-state index is 13.1. The fourth-order valence-electron chi connectivity index (χ4n) is 1.89. The molecule has 1 aromatic heterocycles. The highest BCUT2D eigenvalue weighted by Crippen LogP contribution is 2.33. The molecule has 1 heterocycles. The number of carbonyl (C=O) groups is 1. The zero-order chi connectivity index (χ0) is 14.7. The van der Waals surface area contributed by atoms with Gasteiger partial charge >= 0.3 is 0 Å². The van der Waals surface area contributed by atoms with Crippen molar-refractivity contribution in [2.75, 3.05) is 10.6 Å². The molecule has 0 aliphatic heterocycles. The molecule has 104 valence electrons. The quantitative estimate of drug-likeness (QED) is 0.936. The van der Waals surface area contributed by atoms with Crippen LogP contribution in [0.1, 0.15) is 18.9 Å². The number of para-hydroxylation sites is 1. The van der Waals surface area contributed by atoms with Gasteiger partial charge in [0.2, 0.25) is 5.91 Å². The summed E-state index contributed by atoms with van der Waals surface area (Å²) in [6.07, 6.45) is -1.26. The van der Waals surface area contributed by atoms with Crippen LogP contribution in [0.2, 0.25) is 0 Å². The number of nitrogen functional groups attached to an aromatic ring is 1. The van der Waals surface area contributed by atoms with Crippen molar-refractivity contribution >= 4 is 23.1 Å². The number of alkyl halides is 2. The lowest BCUT2D eigenvalue weighted by Gasteiger charge is -2.23. The molecule has 1 amide bonds. The van der Waals surface area contributed by atoms with Gasteiger partial charge in [-0.05, 0) is 12.1 Å². The van der Waals surface area contributed by atoms with E-state index in [9.17, 15) is 13.6 Å². The minimum Gasteiger partial charge on any atom is -0.399 e. The molecule has 0 spiro atoms. The van der Waals surface area contributed by atoms with E-state index in [1.807, 2.05) is 0 Å². The minimum atomic E-state index is -2.69. The number of aromatic nitrogens is 1. The molecule has 2 rings (SSSR count). The number of carbonyl (C=O) groups excluding carboxylic acids is 1. The van der Waals surface area contributed by atoms with Crippen molar-refractivity contribution in [3.05, 3.63) is 48.2 Å². The van der Waals surface area contributed by atoms with Crippen LogP contribution in [-0.4, -0.2) is 10.9 Å². The molecule has 1 aromatic carbocycles. The van der Waals surface area contributed by atoms with E-state index >= 15 is 0 Å². The van der Waals surface area contributed by atoms with Gasteiger partial charge in [-0.2, -0.15) is 0 Å². The zero-order valence-corrected chi connectivity index (χ0v) is 10.8. The van der Waals surface area contributed by atoms with Crippen molar-refractivity contribution in [2.45, 2.75) is 13.3 Å². The van der Waals surface area contributed by atoms with Gasteiger partial charge in [-0.15, -0.1) is 0 Å². The lowest BCUT2D eigenvalue weighted by atomic mass is 10.1. The number of hydrogen-bond donors (Lipinski definition) is 1. The van der Waals surface area contributed by atoms with E-state index in [0.717, 1.165) is 4.90 Å². The predicted octanol–water partition coefficient (Wildman–Crippen LogP) is 3.29. The Morgan fingerprint density at radius 3 is 2.60 bits per heavy atom. The van der Waals surface area contributed by atoms with Gasteiger partial charge in [0.15, 0.2) is 0 Å². The summed E-state index contributed by atoms with van der Waals surface area (Å²) in [5.41, 5.74) is 5.92. The van der Waals surface area contributed by atoms with Crippen molar-refractivity contribution in [3.63, 3.8) is 0 Å². The minimum absolute atomic E-state index is 0.105. The normalized spacial score (nSPS) is 10.6. The van der Waals surface area contributed by atoms with Gasteiger partial charge in [-0.25, -0.2) is 13.8 Å². The van der Waals surface area contributed by atoms with Crippen LogP contribution in [0.15, 0.2) is 42.6 Å². The molecule has 2 N–H and O–H groups in total. The van der Waals surface area contributed by atoms with Crippen molar-refractivity contribution in [3.8, 4) is 0 Å². The van der Waals surface area contributed by atoms with Crippen molar-refractivity contribution < 1.29 is 13.6 Å². The van der Waals surface area contributed by atoms with Gasteiger partial charge in [0, 0.05) is 30.4 Å². The number of nitrogens with zero attached hydrogens (tertiary/aromatic N) is 2. The monoisotopic (exact) mass is 277 g/mol. The van der Waals surface area contributed by atoms with Crippen LogP contribution in [-0.2, 0) is 4.79 Å². The Bertz CT molecular complexity index is 631. The lowest BCUT2D eigenvalue weighted by molar-refractivity contribution is -0.115. The molecule has 0 aliphatic carbocycles. The van der Waals surface area contributed by atoms with Gasteiger partial charge < -0.3 is 5.73 Å². The average Bonchev–Trinajstić information content (AvgIpc) is 2.39. The highest BCUT2D eigenvalue weighted by molar-refractivity contribution is 5.99. The van der Waals surface area contributed by atoms with E-state index in [1.165, 1.54) is 37.4 Å². The third-order valence-corrected chi connectivity index (χ3v) is 2.73. The van der Waals surface area contributed by atoms with Crippen LogP contribution in [0.5, 0.6) is 0 Å². The standard InChI is InChI=1S/C14H13F2N3O/c1-9(20)19(13-8-10(17)6-7-18-13)12-5-3-2-4-11(12)14(15)16/h2-8,14H,1H3,(H2,17,18). The maximum absolute atomic E-state index is 13.1. The molecule has 0 saturated heterocycles. The molecule has 0 bridgehead atoms. The van der Waals surface area contributed by atoms with Crippen molar-refractivity contribution in [1.29, 1.82) is 0 Å². The Hall–Kier alpha value is -2.50. The number of rotatable bonds is 3. The first-order valence-electron chi connectivity index (χ1n) is 5.90. The van der Waals surface area contributed by atoms with E-state index < -0.39 is 12.3 Å². The largest absolute Gasteiger partial charge is 0.399 e. The topological polar surface area (TPSA) is 59.2 Å². The molecule has 2 aromatic rings. The second-order valence-corrected chi connectivity index (χ2v) is 4.16. The first-order valence-corrected chi connectivity index (χ1v) is 5.90. The molecule has 0 fully saturated rings. The highest BCUT2D eigenvalue weighted by Gasteiger charge is 2.22. The summed E-state index contributed by atoms with van der Waals surface area (Å²) in [6.45, 7) is 1.28. The molecule has 0 aliphatic rings. The van der Waals surface area contributed by atoms with E-state index in [-0.39, 0.29) is 17.1 Å². The fourth-order valence-corrected chi connectivity index (χ4v) is 1.89. The van der Waals surface area contributed by atoms with Crippen LogP contribution in [0.25, 0.3) is 0 Å². The number of hydrogen-bond acceptors (Lipinski definition) is 3. The van der Waals surface area contributed by atoms with Crippen LogP contribution >= 0.6 is 0 Å². The second-order valence-electron chi connectivity index (χ2n) is 4.16. The Morgan fingerprint density at radius 2 is 2.00 bits per heavy atom. The first-order chi connectivity index (χ1) is 9.50. The molecule has 0 radical (unpaired) electrons. The predicted molar refractivity (Wildman–Crippen MR) is 72.9 cm³/mol. The molecular formula is C14H13F2N3O. The van der Waals surface area contributed by atoms with Crippen LogP contribution in [0, 0.1) is 0 Å². The Balaban J connectivity index is 2.58. The smallest absolute Gasteiger partial charge is 0.265 e. The van der Waals surface area contributed by atoms with E-state index in [1.54, 1.807) is 12.1 Å². The average molecular weight is 277 g/mol. The van der Waals surface area contributed by atoms with Crippen LogP contribution < -0.4 is 10.6 Å². The van der Waals surface area contributed by atoms with Crippen molar-refractivity contribution in [2.24, 2.45) is 0 Å². The summed E-state index contributed by atoms with van der Waals surface area (Å²) in [5, 5.41) is 0. The summed E-state index contributed by atoms with van der Waals surface area (Å²) < 4.78 is 26.1. The van der Waals surface area contributed by atoms with Crippen LogP contribution in [0.4, 0.5) is 26.0 Å². The summed E-state index contributed by atoms with van der Waals surface area (Å²) >= 11 is 0. The summed E-state index contributed by atoms with van der Waals surface area (Å²) in [6, 6.07) is 8.83. The number of nitrogens with two attached hydrogens (primary N) is 1. The van der Waals surface area contributed by atoms with Crippen LogP contribution in [0.3, 0.4) is 0 Å². The van der Waals surface area contributed by atoms with E-state index in [2.05, 4.69) is 4.98 Å². The van der Waals surface area contributed by atoms with Gasteiger partial charge in [0.1, 0.15) is 5.82 Å². The number of benzene rings is 1. The van der Waals surface area contributed by atoms with Gasteiger partial charge in [0.25, 0.3) is 6.43 Å². The molecule has 0 saturated carbocycles. The molecule has 20 heavy (non-hydrogen) atoms. The maximum Gasteiger partial charge on any atom is 0.265 e. The second kappa shape index (κ2) is 5.64. The summed E-state index contributed by atoms with van der Waals surface area (Å²) in [5.74, 6) is -0.207. The molecular weight excluding hydrogens is 264 g/mol. The first kappa shape index (κ1) is 13.9. The van der Waals surface area contributed by atoms with E-state index in [4.69, 9.17) is 5.73 Å². The Labute approximate surface area is 114 Å².